The Bertz CT molecular complexity index is 718. The zero-order valence-electron chi connectivity index (χ0n) is 17.1. The number of ether oxygens (including phenoxy) is 1. The van der Waals surface area contributed by atoms with Gasteiger partial charge in [-0.15, -0.1) is 0 Å². The van der Waals surface area contributed by atoms with Gasteiger partial charge in [0.25, 0.3) is 0 Å². The summed E-state index contributed by atoms with van der Waals surface area (Å²) in [5.74, 6) is 0.627. The van der Waals surface area contributed by atoms with Crippen LogP contribution in [-0.2, 0) is 9.53 Å². The second-order valence-electron chi connectivity index (χ2n) is 10.9. The molecule has 9 atom stereocenters. The van der Waals surface area contributed by atoms with Gasteiger partial charge in [-0.05, 0) is 73.7 Å². The van der Waals surface area contributed by atoms with Crippen LogP contribution >= 0.6 is 0 Å². The predicted octanol–water partition coefficient (Wildman–Crippen LogP) is 2.58. The third-order valence-corrected chi connectivity index (χ3v) is 9.92. The van der Waals surface area contributed by atoms with Crippen molar-refractivity contribution in [1.82, 2.24) is 0 Å². The highest BCUT2D eigenvalue weighted by atomic mass is 16.5. The van der Waals surface area contributed by atoms with Crippen molar-refractivity contribution in [2.24, 2.45) is 34.5 Å². The summed E-state index contributed by atoms with van der Waals surface area (Å²) < 4.78 is 5.14. The molecule has 0 bridgehead atoms. The molecule has 0 spiro atoms. The van der Waals surface area contributed by atoms with Crippen molar-refractivity contribution < 1.29 is 24.9 Å². The molecule has 5 nitrogen and oxygen atoms in total. The standard InChI is InChI=1S/C23H34O5/c1-21-7-5-15(24)10-14(21)3-4-17-16(21)6-8-22(2)20(13-9-19(26)28-12-13)18(25)11-23(17,22)27/h9,14-18,20,24-25,27H,3-8,10-12H2,1-2H3/t14-,15-,16+,17-,18-,20+,21-,22+,23-/m0/s1. The van der Waals surface area contributed by atoms with E-state index in [0.717, 1.165) is 50.5 Å². The number of cyclic esters (lactones) is 1. The topological polar surface area (TPSA) is 87.0 Å². The van der Waals surface area contributed by atoms with E-state index in [1.54, 1.807) is 0 Å². The minimum Gasteiger partial charge on any atom is -0.458 e. The molecule has 0 unspecified atom stereocenters. The molecule has 1 aliphatic heterocycles. The Kier molecular flexibility index (Phi) is 4.12. The first-order valence-corrected chi connectivity index (χ1v) is 11.1. The summed E-state index contributed by atoms with van der Waals surface area (Å²) in [6.07, 6.45) is 7.87. The number of esters is 1. The average Bonchev–Trinajstić information content (AvgIpc) is 3.13. The Morgan fingerprint density at radius 1 is 1.07 bits per heavy atom. The first-order valence-electron chi connectivity index (χ1n) is 11.1. The fraction of sp³-hybridized carbons (Fsp3) is 0.870. The third kappa shape index (κ3) is 2.33. The number of carbonyl (C=O) groups excluding carboxylic acids is 1. The van der Waals surface area contributed by atoms with Crippen molar-refractivity contribution in [2.45, 2.75) is 83.0 Å². The second-order valence-corrected chi connectivity index (χ2v) is 10.9. The summed E-state index contributed by atoms with van der Waals surface area (Å²) in [6.45, 7) is 4.77. The lowest BCUT2D eigenvalue weighted by molar-refractivity contribution is -0.208. The zero-order chi connectivity index (χ0) is 19.9. The quantitative estimate of drug-likeness (QED) is 0.599. The number of hydrogen-bond donors (Lipinski definition) is 3. The van der Waals surface area contributed by atoms with Crippen molar-refractivity contribution in [3.05, 3.63) is 11.6 Å². The van der Waals surface area contributed by atoms with Crippen LogP contribution in [-0.4, -0.2) is 45.7 Å². The largest absolute Gasteiger partial charge is 0.458 e. The van der Waals surface area contributed by atoms with E-state index in [1.807, 2.05) is 0 Å². The van der Waals surface area contributed by atoms with E-state index >= 15 is 0 Å². The summed E-state index contributed by atoms with van der Waals surface area (Å²) in [7, 11) is 0. The van der Waals surface area contributed by atoms with Gasteiger partial charge in [0.05, 0.1) is 17.8 Å². The van der Waals surface area contributed by atoms with Crippen LogP contribution in [0, 0.1) is 34.5 Å². The van der Waals surface area contributed by atoms with Crippen LogP contribution in [0.1, 0.15) is 65.2 Å². The molecule has 0 aromatic rings. The molecule has 0 radical (unpaired) electrons. The number of fused-ring (bicyclic) bond motifs is 5. The van der Waals surface area contributed by atoms with Gasteiger partial charge in [0.15, 0.2) is 0 Å². The lowest BCUT2D eigenvalue weighted by Gasteiger charge is -2.63. The van der Waals surface area contributed by atoms with Gasteiger partial charge in [0.1, 0.15) is 6.61 Å². The van der Waals surface area contributed by atoms with Crippen LogP contribution in [0.3, 0.4) is 0 Å². The molecule has 0 aromatic heterocycles. The van der Waals surface area contributed by atoms with Crippen LogP contribution in [0.2, 0.25) is 0 Å². The van der Waals surface area contributed by atoms with Crippen molar-refractivity contribution in [3.63, 3.8) is 0 Å². The molecule has 4 aliphatic carbocycles. The number of carbonyl (C=O) groups is 1. The maximum absolute atomic E-state index is 12.1. The van der Waals surface area contributed by atoms with Gasteiger partial charge in [-0.25, -0.2) is 4.79 Å². The third-order valence-electron chi connectivity index (χ3n) is 9.92. The molecule has 5 heteroatoms. The van der Waals surface area contributed by atoms with Gasteiger partial charge in [-0.2, -0.15) is 0 Å². The maximum Gasteiger partial charge on any atom is 0.331 e. The highest BCUT2D eigenvalue weighted by Crippen LogP contribution is 2.69. The predicted molar refractivity (Wildman–Crippen MR) is 103 cm³/mol. The molecule has 1 heterocycles. The van der Waals surface area contributed by atoms with Crippen LogP contribution in [0.25, 0.3) is 0 Å². The molecule has 0 aromatic carbocycles. The Labute approximate surface area is 167 Å². The lowest BCUT2D eigenvalue weighted by Crippen LogP contribution is -2.62. The summed E-state index contributed by atoms with van der Waals surface area (Å²) in [5, 5.41) is 33.3. The molecule has 4 saturated carbocycles. The highest BCUT2D eigenvalue weighted by Gasteiger charge is 2.70. The van der Waals surface area contributed by atoms with Gasteiger partial charge in [-0.3, -0.25) is 0 Å². The van der Waals surface area contributed by atoms with E-state index < -0.39 is 17.1 Å². The highest BCUT2D eigenvalue weighted by molar-refractivity contribution is 5.85. The Balaban J connectivity index is 1.50. The minimum absolute atomic E-state index is 0.170. The fourth-order valence-corrected chi connectivity index (χ4v) is 8.47. The maximum atomic E-state index is 12.1. The van der Waals surface area contributed by atoms with Gasteiger partial charge in [0, 0.05) is 23.8 Å². The molecule has 5 rings (SSSR count). The molecule has 4 fully saturated rings. The fourth-order valence-electron chi connectivity index (χ4n) is 8.47. The van der Waals surface area contributed by atoms with Crippen molar-refractivity contribution in [2.75, 3.05) is 6.61 Å². The minimum atomic E-state index is -0.906. The summed E-state index contributed by atoms with van der Waals surface area (Å²) in [6, 6.07) is 0. The normalized spacial score (nSPS) is 55.8. The van der Waals surface area contributed by atoms with E-state index in [9.17, 15) is 20.1 Å². The van der Waals surface area contributed by atoms with Crippen LogP contribution in [0.4, 0.5) is 0 Å². The number of aliphatic hydroxyl groups is 3. The molecular formula is C23H34O5. The van der Waals surface area contributed by atoms with Crippen LogP contribution < -0.4 is 0 Å². The summed E-state index contributed by atoms with van der Waals surface area (Å²) in [4.78, 5) is 11.7. The van der Waals surface area contributed by atoms with Gasteiger partial charge < -0.3 is 20.1 Å². The smallest absolute Gasteiger partial charge is 0.331 e. The molecular weight excluding hydrogens is 356 g/mol. The van der Waals surface area contributed by atoms with E-state index in [2.05, 4.69) is 13.8 Å². The Morgan fingerprint density at radius 2 is 1.86 bits per heavy atom. The lowest BCUT2D eigenvalue weighted by atomic mass is 9.43. The average molecular weight is 391 g/mol. The molecule has 0 saturated heterocycles. The molecule has 3 N–H and O–H groups in total. The van der Waals surface area contributed by atoms with Gasteiger partial charge in [-0.1, -0.05) is 13.8 Å². The van der Waals surface area contributed by atoms with E-state index in [4.69, 9.17) is 4.74 Å². The molecule has 156 valence electrons. The number of aliphatic hydroxyl groups excluding tert-OH is 2. The van der Waals surface area contributed by atoms with E-state index in [0.29, 0.717) is 18.3 Å². The molecule has 5 aliphatic rings. The van der Waals surface area contributed by atoms with Crippen LogP contribution in [0.5, 0.6) is 0 Å². The monoisotopic (exact) mass is 390 g/mol. The Hall–Kier alpha value is -0.910. The summed E-state index contributed by atoms with van der Waals surface area (Å²) >= 11 is 0. The summed E-state index contributed by atoms with van der Waals surface area (Å²) in [5.41, 5.74) is -0.301. The second kappa shape index (κ2) is 6.05. The molecule has 28 heavy (non-hydrogen) atoms. The number of rotatable bonds is 1. The number of hydrogen-bond acceptors (Lipinski definition) is 5. The van der Waals surface area contributed by atoms with E-state index in [-0.39, 0.29) is 35.9 Å². The Morgan fingerprint density at radius 3 is 2.57 bits per heavy atom. The van der Waals surface area contributed by atoms with Gasteiger partial charge in [0.2, 0.25) is 0 Å². The van der Waals surface area contributed by atoms with E-state index in [1.165, 1.54) is 6.08 Å². The van der Waals surface area contributed by atoms with Gasteiger partial charge >= 0.3 is 5.97 Å². The first-order chi connectivity index (χ1) is 13.2. The first kappa shape index (κ1) is 19.1. The van der Waals surface area contributed by atoms with Crippen molar-refractivity contribution in [3.8, 4) is 0 Å². The van der Waals surface area contributed by atoms with Crippen molar-refractivity contribution >= 4 is 5.97 Å². The van der Waals surface area contributed by atoms with Crippen LogP contribution in [0.15, 0.2) is 11.6 Å². The zero-order valence-corrected chi connectivity index (χ0v) is 17.1. The molecule has 0 amide bonds. The SMILES string of the molecule is C[C@]12CC[C@H](O)C[C@@H]1CC[C@H]1[C@H]2CC[C@]2(C)[C@H](C3=CC(=O)OC3)[C@@H](O)C[C@]12O. The van der Waals surface area contributed by atoms with Crippen molar-refractivity contribution in [1.29, 1.82) is 0 Å².